The molecule has 1 atom stereocenters. The van der Waals surface area contributed by atoms with Gasteiger partial charge in [-0.25, -0.2) is 4.39 Å². The largest absolute Gasteiger partial charge is 0.409 e. The minimum absolute atomic E-state index is 0.0993. The maximum Gasteiger partial charge on any atom is 0.170 e. The van der Waals surface area contributed by atoms with Gasteiger partial charge in [-0.05, 0) is 18.9 Å². The highest BCUT2D eigenvalue weighted by molar-refractivity contribution is 5.97. The number of ether oxygens (including phenoxy) is 1. The molecule has 4 N–H and O–H groups in total. The van der Waals surface area contributed by atoms with E-state index in [4.69, 9.17) is 15.7 Å². The molecule has 1 saturated heterocycles. The van der Waals surface area contributed by atoms with E-state index >= 15 is 0 Å². The number of nitrogens with zero attached hydrogens (tertiary/aromatic N) is 1. The first-order valence-corrected chi connectivity index (χ1v) is 6.29. The molecule has 2 rings (SSSR count). The van der Waals surface area contributed by atoms with Crippen LogP contribution in [0.5, 0.6) is 0 Å². The summed E-state index contributed by atoms with van der Waals surface area (Å²) in [5.41, 5.74) is 6.31. The molecule has 19 heavy (non-hydrogen) atoms. The van der Waals surface area contributed by atoms with Gasteiger partial charge in [-0.3, -0.25) is 0 Å². The van der Waals surface area contributed by atoms with Gasteiger partial charge in [-0.1, -0.05) is 17.3 Å². The van der Waals surface area contributed by atoms with Crippen LogP contribution in [-0.2, 0) is 11.3 Å². The van der Waals surface area contributed by atoms with Crippen molar-refractivity contribution in [1.82, 2.24) is 5.32 Å². The monoisotopic (exact) mass is 267 g/mol. The molecule has 1 aromatic carbocycles. The highest BCUT2D eigenvalue weighted by Crippen LogP contribution is 2.12. The standard InChI is InChI=1S/C13H18FN3O2/c14-12-6-9(13(15)17-18)3-4-10(12)7-16-8-11-2-1-5-19-11/h3-4,6,11,16,18H,1-2,5,7-8H2,(H2,15,17). The van der Waals surface area contributed by atoms with Gasteiger partial charge < -0.3 is 21.0 Å². The zero-order chi connectivity index (χ0) is 13.7. The Balaban J connectivity index is 1.89. The van der Waals surface area contributed by atoms with E-state index in [0.717, 1.165) is 26.0 Å². The Hall–Kier alpha value is -1.66. The fraction of sp³-hybridized carbons (Fsp3) is 0.462. The summed E-state index contributed by atoms with van der Waals surface area (Å²) in [6, 6.07) is 4.52. The molecule has 104 valence electrons. The van der Waals surface area contributed by atoms with E-state index in [1.807, 2.05) is 0 Å². The molecular weight excluding hydrogens is 249 g/mol. The second-order valence-corrected chi connectivity index (χ2v) is 4.56. The van der Waals surface area contributed by atoms with Crippen LogP contribution in [0.25, 0.3) is 0 Å². The topological polar surface area (TPSA) is 79.9 Å². The third-order valence-corrected chi connectivity index (χ3v) is 3.17. The minimum Gasteiger partial charge on any atom is -0.409 e. The van der Waals surface area contributed by atoms with Crippen molar-refractivity contribution in [2.45, 2.75) is 25.5 Å². The first-order chi connectivity index (χ1) is 9.20. The molecule has 1 fully saturated rings. The van der Waals surface area contributed by atoms with Crippen LogP contribution >= 0.6 is 0 Å². The van der Waals surface area contributed by atoms with Crippen molar-refractivity contribution in [3.63, 3.8) is 0 Å². The Morgan fingerprint density at radius 3 is 3.05 bits per heavy atom. The smallest absolute Gasteiger partial charge is 0.170 e. The lowest BCUT2D eigenvalue weighted by Crippen LogP contribution is -2.26. The Kier molecular flexibility index (Phi) is 4.70. The predicted molar refractivity (Wildman–Crippen MR) is 69.6 cm³/mol. The van der Waals surface area contributed by atoms with E-state index in [9.17, 15) is 4.39 Å². The van der Waals surface area contributed by atoms with Crippen LogP contribution in [0.15, 0.2) is 23.4 Å². The van der Waals surface area contributed by atoms with Crippen molar-refractivity contribution in [3.8, 4) is 0 Å². The zero-order valence-electron chi connectivity index (χ0n) is 10.6. The summed E-state index contributed by atoms with van der Waals surface area (Å²) < 4.78 is 19.3. The number of halogens is 1. The molecule has 0 radical (unpaired) electrons. The summed E-state index contributed by atoms with van der Waals surface area (Å²) in [4.78, 5) is 0. The number of rotatable bonds is 5. The lowest BCUT2D eigenvalue weighted by atomic mass is 10.1. The van der Waals surface area contributed by atoms with E-state index in [1.54, 1.807) is 12.1 Å². The fourth-order valence-corrected chi connectivity index (χ4v) is 2.08. The molecule has 0 saturated carbocycles. The van der Waals surface area contributed by atoms with Gasteiger partial charge in [0.2, 0.25) is 0 Å². The number of nitrogens with one attached hydrogen (secondary N) is 1. The number of oxime groups is 1. The number of hydrogen-bond acceptors (Lipinski definition) is 4. The van der Waals surface area contributed by atoms with Crippen molar-refractivity contribution in [3.05, 3.63) is 35.1 Å². The summed E-state index contributed by atoms with van der Waals surface area (Å²) in [5, 5.41) is 14.5. The van der Waals surface area contributed by atoms with Crippen LogP contribution in [0, 0.1) is 5.82 Å². The molecule has 0 bridgehead atoms. The second kappa shape index (κ2) is 6.49. The van der Waals surface area contributed by atoms with Crippen molar-refractivity contribution in [1.29, 1.82) is 0 Å². The van der Waals surface area contributed by atoms with Crippen LogP contribution in [0.3, 0.4) is 0 Å². The first kappa shape index (κ1) is 13.8. The fourth-order valence-electron chi connectivity index (χ4n) is 2.08. The summed E-state index contributed by atoms with van der Waals surface area (Å²) in [6.07, 6.45) is 2.38. The maximum atomic E-state index is 13.8. The third kappa shape index (κ3) is 3.65. The summed E-state index contributed by atoms with van der Waals surface area (Å²) in [6.45, 7) is 1.97. The normalized spacial score (nSPS) is 19.8. The Morgan fingerprint density at radius 2 is 2.42 bits per heavy atom. The van der Waals surface area contributed by atoms with E-state index in [1.165, 1.54) is 6.07 Å². The van der Waals surface area contributed by atoms with Gasteiger partial charge >= 0.3 is 0 Å². The van der Waals surface area contributed by atoms with Crippen LogP contribution < -0.4 is 11.1 Å². The Morgan fingerprint density at radius 1 is 1.58 bits per heavy atom. The lowest BCUT2D eigenvalue weighted by molar-refractivity contribution is 0.110. The lowest BCUT2D eigenvalue weighted by Gasteiger charge is -2.11. The van der Waals surface area contributed by atoms with Crippen LogP contribution in [0.2, 0.25) is 0 Å². The Labute approximate surface area is 111 Å². The predicted octanol–water partition coefficient (Wildman–Crippen LogP) is 1.19. The quantitative estimate of drug-likeness (QED) is 0.324. The number of nitrogens with two attached hydrogens (primary N) is 1. The zero-order valence-corrected chi connectivity index (χ0v) is 10.6. The van der Waals surface area contributed by atoms with Crippen molar-refractivity contribution >= 4 is 5.84 Å². The summed E-state index contributed by atoms with van der Waals surface area (Å²) in [7, 11) is 0. The molecule has 0 aliphatic carbocycles. The number of benzene rings is 1. The molecule has 0 aromatic heterocycles. The second-order valence-electron chi connectivity index (χ2n) is 4.56. The summed E-state index contributed by atoms with van der Waals surface area (Å²) >= 11 is 0. The molecular formula is C13H18FN3O2. The van der Waals surface area contributed by atoms with Crippen molar-refractivity contribution in [2.75, 3.05) is 13.2 Å². The minimum atomic E-state index is -0.371. The number of hydrogen-bond donors (Lipinski definition) is 3. The van der Waals surface area contributed by atoms with E-state index < -0.39 is 0 Å². The van der Waals surface area contributed by atoms with Crippen LogP contribution in [0.4, 0.5) is 4.39 Å². The highest BCUT2D eigenvalue weighted by atomic mass is 19.1. The molecule has 6 heteroatoms. The average molecular weight is 267 g/mol. The molecule has 1 heterocycles. The van der Waals surface area contributed by atoms with Crippen LogP contribution in [-0.4, -0.2) is 30.3 Å². The van der Waals surface area contributed by atoms with E-state index in [0.29, 0.717) is 17.7 Å². The summed E-state index contributed by atoms with van der Waals surface area (Å²) in [5.74, 6) is -0.471. The third-order valence-electron chi connectivity index (χ3n) is 3.17. The van der Waals surface area contributed by atoms with Crippen LogP contribution in [0.1, 0.15) is 24.0 Å². The van der Waals surface area contributed by atoms with Gasteiger partial charge in [0.1, 0.15) is 5.82 Å². The van der Waals surface area contributed by atoms with Crippen molar-refractivity contribution < 1.29 is 14.3 Å². The van der Waals surface area contributed by atoms with Gasteiger partial charge in [-0.2, -0.15) is 0 Å². The molecule has 5 nitrogen and oxygen atoms in total. The molecule has 1 aromatic rings. The SMILES string of the molecule is NC(=NO)c1ccc(CNCC2CCCO2)c(F)c1. The van der Waals surface area contributed by atoms with Gasteiger partial charge in [0.05, 0.1) is 6.10 Å². The van der Waals surface area contributed by atoms with E-state index in [2.05, 4.69) is 10.5 Å². The van der Waals surface area contributed by atoms with Crippen molar-refractivity contribution in [2.24, 2.45) is 10.9 Å². The highest BCUT2D eigenvalue weighted by Gasteiger charge is 2.15. The van der Waals surface area contributed by atoms with E-state index in [-0.39, 0.29) is 17.8 Å². The first-order valence-electron chi connectivity index (χ1n) is 6.29. The average Bonchev–Trinajstić information content (AvgIpc) is 2.93. The van der Waals surface area contributed by atoms with Gasteiger partial charge in [-0.15, -0.1) is 0 Å². The Bertz CT molecular complexity index is 459. The van der Waals surface area contributed by atoms with Gasteiger partial charge in [0.25, 0.3) is 0 Å². The molecule has 0 spiro atoms. The van der Waals surface area contributed by atoms with Gasteiger partial charge in [0, 0.05) is 30.8 Å². The maximum absolute atomic E-state index is 13.8. The molecule has 0 amide bonds. The number of amidine groups is 1. The molecule has 1 aliphatic heterocycles. The molecule has 1 unspecified atom stereocenters. The van der Waals surface area contributed by atoms with Gasteiger partial charge in [0.15, 0.2) is 5.84 Å². The molecule has 1 aliphatic rings.